The summed E-state index contributed by atoms with van der Waals surface area (Å²) in [6.45, 7) is 0. The van der Waals surface area contributed by atoms with Gasteiger partial charge in [0.25, 0.3) is 0 Å². The van der Waals surface area contributed by atoms with E-state index in [-0.39, 0.29) is 11.3 Å². The Morgan fingerprint density at radius 1 is 0.655 bits per heavy atom. The largest absolute Gasteiger partial charge is 0.416 e. The van der Waals surface area contributed by atoms with Gasteiger partial charge in [0.1, 0.15) is 0 Å². The molecule has 0 aromatic heterocycles. The summed E-state index contributed by atoms with van der Waals surface area (Å²) in [5, 5.41) is 3.37. The van der Waals surface area contributed by atoms with Crippen molar-refractivity contribution in [3.63, 3.8) is 0 Å². The van der Waals surface area contributed by atoms with Gasteiger partial charge in [0, 0.05) is 10.6 Å². The molecule has 0 heterocycles. The van der Waals surface area contributed by atoms with Crippen molar-refractivity contribution in [1.82, 2.24) is 0 Å². The maximum atomic E-state index is 13.0. The normalized spacial score (nSPS) is 11.8. The van der Waals surface area contributed by atoms with Gasteiger partial charge in [-0.2, -0.15) is 26.3 Å². The van der Waals surface area contributed by atoms with Crippen molar-refractivity contribution in [3.8, 4) is 22.3 Å². The van der Waals surface area contributed by atoms with Gasteiger partial charge in [-0.1, -0.05) is 47.6 Å². The Morgan fingerprint density at radius 3 is 1.76 bits per heavy atom. The molecule has 148 valence electrons. The maximum absolute atomic E-state index is 13.0. The van der Waals surface area contributed by atoms with E-state index in [1.807, 2.05) is 0 Å². The minimum atomic E-state index is -4.62. The van der Waals surface area contributed by atoms with E-state index in [0.29, 0.717) is 16.7 Å². The quantitative estimate of drug-likeness (QED) is 0.183. The molecule has 0 N–H and O–H groups in total. The fourth-order valence-electron chi connectivity index (χ4n) is 2.88. The highest BCUT2D eigenvalue weighted by atomic mass is 19.4. The second kappa shape index (κ2) is 7.52. The Labute approximate surface area is 160 Å². The van der Waals surface area contributed by atoms with E-state index >= 15 is 0 Å². The topological polar surface area (TPSA) is 48.8 Å². The summed E-state index contributed by atoms with van der Waals surface area (Å²) in [6.07, 6.45) is -9.11. The molecule has 0 fully saturated rings. The molecule has 0 aliphatic heterocycles. The zero-order chi connectivity index (χ0) is 21.2. The smallest absolute Gasteiger partial charge is 0.166 e. The Kier molecular flexibility index (Phi) is 5.26. The van der Waals surface area contributed by atoms with Crippen LogP contribution in [0, 0.1) is 0 Å². The van der Waals surface area contributed by atoms with Gasteiger partial charge in [0.15, 0.2) is 0 Å². The Hall–Kier alpha value is -3.45. The predicted octanol–water partition coefficient (Wildman–Crippen LogP) is 8.00. The summed E-state index contributed by atoms with van der Waals surface area (Å²) in [5.41, 5.74) is 8.28. The van der Waals surface area contributed by atoms with Crippen molar-refractivity contribution in [2.24, 2.45) is 5.11 Å². The number of hydrogen-bond donors (Lipinski definition) is 0. The predicted molar refractivity (Wildman–Crippen MR) is 96.1 cm³/mol. The fraction of sp³-hybridized carbons (Fsp3) is 0.100. The van der Waals surface area contributed by atoms with Gasteiger partial charge in [-0.05, 0) is 52.1 Å². The molecule has 0 atom stereocenters. The van der Waals surface area contributed by atoms with E-state index in [1.54, 1.807) is 24.3 Å². The van der Waals surface area contributed by atoms with Gasteiger partial charge in [-0.25, -0.2) is 0 Å². The van der Waals surface area contributed by atoms with E-state index in [1.165, 1.54) is 18.2 Å². The molecule has 3 nitrogen and oxygen atoms in total. The summed E-state index contributed by atoms with van der Waals surface area (Å²) in [7, 11) is 0. The highest BCUT2D eigenvalue weighted by molar-refractivity contribution is 5.88. The molecule has 0 aliphatic rings. The van der Waals surface area contributed by atoms with Crippen molar-refractivity contribution in [1.29, 1.82) is 0 Å². The monoisotopic (exact) mass is 407 g/mol. The number of halogens is 6. The number of benzene rings is 3. The molecule has 0 amide bonds. The first-order valence-corrected chi connectivity index (χ1v) is 8.14. The van der Waals surface area contributed by atoms with Crippen LogP contribution in [0.15, 0.2) is 71.8 Å². The summed E-state index contributed by atoms with van der Waals surface area (Å²) in [4.78, 5) is 2.59. The standard InChI is InChI=1S/C20H11F6N3/c21-19(22,23)13-7-5-12(6-8-13)15-3-1-2-4-16(15)17-10-9-14(20(24,25)26)11-18(17)28-29-27/h1-11H. The molecule has 0 bridgehead atoms. The van der Waals surface area contributed by atoms with Crippen LogP contribution in [0.1, 0.15) is 11.1 Å². The summed E-state index contributed by atoms with van der Waals surface area (Å²) in [6, 6.07) is 13.7. The molecule has 0 radical (unpaired) electrons. The van der Waals surface area contributed by atoms with Crippen molar-refractivity contribution in [2.75, 3.05) is 0 Å². The first-order valence-electron chi connectivity index (χ1n) is 8.14. The Bertz CT molecular complexity index is 1080. The fourth-order valence-corrected chi connectivity index (χ4v) is 2.88. The molecule has 3 aromatic carbocycles. The number of hydrogen-bond acceptors (Lipinski definition) is 1. The lowest BCUT2D eigenvalue weighted by molar-refractivity contribution is -0.138. The van der Waals surface area contributed by atoms with Gasteiger partial charge in [0.05, 0.1) is 11.1 Å². The van der Waals surface area contributed by atoms with Crippen LogP contribution >= 0.6 is 0 Å². The first-order chi connectivity index (χ1) is 13.6. The molecule has 29 heavy (non-hydrogen) atoms. The third-order valence-corrected chi connectivity index (χ3v) is 4.22. The minimum absolute atomic E-state index is 0.228. The van der Waals surface area contributed by atoms with E-state index in [0.717, 1.165) is 24.3 Å². The van der Waals surface area contributed by atoms with Crippen molar-refractivity contribution in [2.45, 2.75) is 12.4 Å². The number of azide groups is 1. The van der Waals surface area contributed by atoms with Gasteiger partial charge in [-0.15, -0.1) is 0 Å². The van der Waals surface area contributed by atoms with Crippen molar-refractivity contribution >= 4 is 5.69 Å². The van der Waals surface area contributed by atoms with Crippen molar-refractivity contribution in [3.05, 3.63) is 88.3 Å². The third-order valence-electron chi connectivity index (χ3n) is 4.22. The number of rotatable bonds is 3. The molecule has 0 aliphatic carbocycles. The van der Waals surface area contributed by atoms with Gasteiger partial charge >= 0.3 is 12.4 Å². The average Bonchev–Trinajstić information content (AvgIpc) is 2.67. The second-order valence-corrected chi connectivity index (χ2v) is 6.04. The van der Waals surface area contributed by atoms with Crippen LogP contribution in [0.2, 0.25) is 0 Å². The highest BCUT2D eigenvalue weighted by Crippen LogP contribution is 2.41. The Morgan fingerprint density at radius 2 is 1.21 bits per heavy atom. The molecule has 0 unspecified atom stereocenters. The minimum Gasteiger partial charge on any atom is -0.166 e. The molecule has 0 saturated carbocycles. The van der Waals surface area contributed by atoms with Crippen molar-refractivity contribution < 1.29 is 26.3 Å². The van der Waals surface area contributed by atoms with Crippen LogP contribution < -0.4 is 0 Å². The molecule has 9 heteroatoms. The highest BCUT2D eigenvalue weighted by Gasteiger charge is 2.31. The first kappa shape index (κ1) is 20.3. The maximum Gasteiger partial charge on any atom is 0.416 e. The molecular formula is C20H11F6N3. The zero-order valence-corrected chi connectivity index (χ0v) is 14.5. The summed E-state index contributed by atoms with van der Waals surface area (Å²) >= 11 is 0. The van der Waals surface area contributed by atoms with Crippen LogP contribution in [0.4, 0.5) is 32.0 Å². The van der Waals surface area contributed by atoms with Gasteiger partial charge in [0.2, 0.25) is 0 Å². The average molecular weight is 407 g/mol. The van der Waals surface area contributed by atoms with E-state index in [2.05, 4.69) is 10.0 Å². The van der Waals surface area contributed by atoms with E-state index in [4.69, 9.17) is 5.53 Å². The summed E-state index contributed by atoms with van der Waals surface area (Å²) < 4.78 is 77.4. The molecular weight excluding hydrogens is 396 g/mol. The van der Waals surface area contributed by atoms with Gasteiger partial charge < -0.3 is 0 Å². The molecule has 3 rings (SSSR count). The molecule has 0 saturated heterocycles. The molecule has 3 aromatic rings. The van der Waals surface area contributed by atoms with Crippen LogP contribution in [0.25, 0.3) is 32.7 Å². The zero-order valence-electron chi connectivity index (χ0n) is 14.5. The number of alkyl halides is 6. The molecule has 0 spiro atoms. The summed E-state index contributed by atoms with van der Waals surface area (Å²) in [5.74, 6) is 0. The Balaban J connectivity index is 2.16. The van der Waals surface area contributed by atoms with E-state index < -0.39 is 23.5 Å². The van der Waals surface area contributed by atoms with E-state index in [9.17, 15) is 26.3 Å². The number of nitrogens with zero attached hydrogens (tertiary/aromatic N) is 3. The lowest BCUT2D eigenvalue weighted by Crippen LogP contribution is -2.04. The van der Waals surface area contributed by atoms with Crippen LogP contribution in [-0.4, -0.2) is 0 Å². The lowest BCUT2D eigenvalue weighted by Gasteiger charge is -2.15. The third kappa shape index (κ3) is 4.35. The van der Waals surface area contributed by atoms with Crippen LogP contribution in [0.5, 0.6) is 0 Å². The second-order valence-electron chi connectivity index (χ2n) is 6.04. The lowest BCUT2D eigenvalue weighted by atomic mass is 9.92. The van der Waals surface area contributed by atoms with Crippen LogP contribution in [0.3, 0.4) is 0 Å². The van der Waals surface area contributed by atoms with Gasteiger partial charge in [-0.3, -0.25) is 0 Å². The SMILES string of the molecule is [N-]=[N+]=Nc1cc(C(F)(F)F)ccc1-c1ccccc1-c1ccc(C(F)(F)F)cc1. The van der Waals surface area contributed by atoms with Crippen LogP contribution in [-0.2, 0) is 12.4 Å².